The third-order valence-electron chi connectivity index (χ3n) is 2.53. The van der Waals surface area contributed by atoms with Gasteiger partial charge in [0.05, 0.1) is 17.8 Å². The van der Waals surface area contributed by atoms with Crippen molar-refractivity contribution in [3.63, 3.8) is 0 Å². The Balaban J connectivity index is 2.12. The standard InChI is InChI=1S/C13H16N2OS/c1-16-11-6-4-10(5-7-11)12-9-17-13(15-12)3-2-8-14/h4-7,9H,2-3,8,14H2,1H3. The van der Waals surface area contributed by atoms with Crippen LogP contribution in [-0.2, 0) is 6.42 Å². The van der Waals surface area contributed by atoms with Crippen LogP contribution in [0.4, 0.5) is 0 Å². The molecule has 90 valence electrons. The van der Waals surface area contributed by atoms with Crippen LogP contribution in [0, 0.1) is 0 Å². The smallest absolute Gasteiger partial charge is 0.118 e. The van der Waals surface area contributed by atoms with Crippen LogP contribution in [0.15, 0.2) is 29.6 Å². The van der Waals surface area contributed by atoms with E-state index in [1.54, 1.807) is 18.4 Å². The SMILES string of the molecule is COc1ccc(-c2csc(CCCN)n2)cc1. The van der Waals surface area contributed by atoms with Crippen molar-refractivity contribution in [2.75, 3.05) is 13.7 Å². The highest BCUT2D eigenvalue weighted by Gasteiger charge is 2.04. The largest absolute Gasteiger partial charge is 0.497 e. The summed E-state index contributed by atoms with van der Waals surface area (Å²) >= 11 is 1.70. The second-order valence-corrected chi connectivity index (χ2v) is 4.69. The molecule has 0 unspecified atom stereocenters. The van der Waals surface area contributed by atoms with Crippen molar-refractivity contribution in [3.05, 3.63) is 34.7 Å². The topological polar surface area (TPSA) is 48.1 Å². The number of benzene rings is 1. The molecular weight excluding hydrogens is 232 g/mol. The van der Waals surface area contributed by atoms with Gasteiger partial charge in [0, 0.05) is 17.4 Å². The zero-order valence-corrected chi connectivity index (χ0v) is 10.7. The minimum absolute atomic E-state index is 0.720. The van der Waals surface area contributed by atoms with E-state index in [2.05, 4.69) is 10.4 Å². The monoisotopic (exact) mass is 248 g/mol. The molecule has 17 heavy (non-hydrogen) atoms. The van der Waals surface area contributed by atoms with Gasteiger partial charge in [0.1, 0.15) is 5.75 Å². The van der Waals surface area contributed by atoms with Gasteiger partial charge in [-0.15, -0.1) is 11.3 Å². The van der Waals surface area contributed by atoms with E-state index in [-0.39, 0.29) is 0 Å². The minimum atomic E-state index is 0.720. The van der Waals surface area contributed by atoms with Crippen molar-refractivity contribution in [3.8, 4) is 17.0 Å². The van der Waals surface area contributed by atoms with Crippen LogP contribution in [0.3, 0.4) is 0 Å². The Hall–Kier alpha value is -1.39. The summed E-state index contributed by atoms with van der Waals surface area (Å²) in [5, 5.41) is 3.24. The molecule has 2 N–H and O–H groups in total. The van der Waals surface area contributed by atoms with E-state index in [9.17, 15) is 0 Å². The summed E-state index contributed by atoms with van der Waals surface area (Å²) in [7, 11) is 1.67. The van der Waals surface area contributed by atoms with E-state index in [4.69, 9.17) is 10.5 Å². The van der Waals surface area contributed by atoms with Gasteiger partial charge in [0.25, 0.3) is 0 Å². The van der Waals surface area contributed by atoms with Crippen LogP contribution in [0.5, 0.6) is 5.75 Å². The molecule has 1 aromatic heterocycles. The lowest BCUT2D eigenvalue weighted by Gasteiger charge is -2.00. The van der Waals surface area contributed by atoms with Crippen molar-refractivity contribution in [2.24, 2.45) is 5.73 Å². The summed E-state index contributed by atoms with van der Waals surface area (Å²) in [4.78, 5) is 4.60. The Kier molecular flexibility index (Phi) is 4.12. The van der Waals surface area contributed by atoms with Crippen LogP contribution in [0.25, 0.3) is 11.3 Å². The number of nitrogens with zero attached hydrogens (tertiary/aromatic N) is 1. The first-order valence-corrected chi connectivity index (χ1v) is 6.50. The van der Waals surface area contributed by atoms with Gasteiger partial charge in [0.2, 0.25) is 0 Å². The highest BCUT2D eigenvalue weighted by Crippen LogP contribution is 2.24. The Morgan fingerprint density at radius 2 is 2.06 bits per heavy atom. The summed E-state index contributed by atoms with van der Waals surface area (Å²) in [5.41, 5.74) is 7.65. The summed E-state index contributed by atoms with van der Waals surface area (Å²) in [5.74, 6) is 0.868. The van der Waals surface area contributed by atoms with E-state index in [1.807, 2.05) is 24.3 Å². The van der Waals surface area contributed by atoms with Gasteiger partial charge in [-0.25, -0.2) is 4.98 Å². The third-order valence-corrected chi connectivity index (χ3v) is 3.44. The molecule has 0 aliphatic carbocycles. The number of rotatable bonds is 5. The second-order valence-electron chi connectivity index (χ2n) is 3.75. The van der Waals surface area contributed by atoms with Gasteiger partial charge >= 0.3 is 0 Å². The molecule has 1 heterocycles. The maximum absolute atomic E-state index is 5.49. The molecule has 0 saturated carbocycles. The number of nitrogens with two attached hydrogens (primary N) is 1. The predicted molar refractivity (Wildman–Crippen MR) is 71.5 cm³/mol. The molecule has 0 radical (unpaired) electrons. The molecule has 0 bridgehead atoms. The van der Waals surface area contributed by atoms with Crippen LogP contribution < -0.4 is 10.5 Å². The molecule has 4 heteroatoms. The molecule has 0 fully saturated rings. The first-order valence-electron chi connectivity index (χ1n) is 5.62. The number of thiazole rings is 1. The van der Waals surface area contributed by atoms with Gasteiger partial charge in [-0.05, 0) is 37.2 Å². The van der Waals surface area contributed by atoms with E-state index in [0.717, 1.165) is 41.4 Å². The number of aromatic nitrogens is 1. The van der Waals surface area contributed by atoms with Crippen molar-refractivity contribution < 1.29 is 4.74 Å². The fraction of sp³-hybridized carbons (Fsp3) is 0.308. The summed E-state index contributed by atoms with van der Waals surface area (Å²) in [6.07, 6.45) is 1.97. The molecule has 0 aliphatic rings. The third kappa shape index (κ3) is 3.05. The number of hydrogen-bond donors (Lipinski definition) is 1. The predicted octanol–water partition coefficient (Wildman–Crippen LogP) is 2.71. The number of methoxy groups -OCH3 is 1. The minimum Gasteiger partial charge on any atom is -0.497 e. The molecule has 1 aromatic carbocycles. The van der Waals surface area contributed by atoms with Gasteiger partial charge in [-0.2, -0.15) is 0 Å². The lowest BCUT2D eigenvalue weighted by Crippen LogP contribution is -1.99. The normalized spacial score (nSPS) is 10.5. The zero-order chi connectivity index (χ0) is 12.1. The number of aryl methyl sites for hydroxylation is 1. The maximum atomic E-state index is 5.49. The lowest BCUT2D eigenvalue weighted by atomic mass is 10.2. The second kappa shape index (κ2) is 5.80. The molecule has 0 atom stereocenters. The van der Waals surface area contributed by atoms with Crippen LogP contribution in [0.1, 0.15) is 11.4 Å². The van der Waals surface area contributed by atoms with Gasteiger partial charge in [0.15, 0.2) is 0 Å². The van der Waals surface area contributed by atoms with Crippen LogP contribution in [-0.4, -0.2) is 18.6 Å². The molecule has 2 aromatic rings. The van der Waals surface area contributed by atoms with Crippen molar-refractivity contribution in [1.82, 2.24) is 4.98 Å². The molecule has 0 amide bonds. The van der Waals surface area contributed by atoms with E-state index in [1.165, 1.54) is 0 Å². The molecule has 3 nitrogen and oxygen atoms in total. The summed E-state index contributed by atoms with van der Waals surface area (Å²) < 4.78 is 5.13. The first-order chi connectivity index (χ1) is 8.33. The van der Waals surface area contributed by atoms with Crippen LogP contribution in [0.2, 0.25) is 0 Å². The Bertz CT molecular complexity index is 465. The molecule has 2 rings (SSSR count). The average Bonchev–Trinajstić information content (AvgIpc) is 2.85. The molecule has 0 aliphatic heterocycles. The van der Waals surface area contributed by atoms with Crippen LogP contribution >= 0.6 is 11.3 Å². The Morgan fingerprint density at radius 1 is 1.29 bits per heavy atom. The van der Waals surface area contributed by atoms with Crippen molar-refractivity contribution in [2.45, 2.75) is 12.8 Å². The van der Waals surface area contributed by atoms with E-state index >= 15 is 0 Å². The average molecular weight is 248 g/mol. The lowest BCUT2D eigenvalue weighted by molar-refractivity contribution is 0.415. The van der Waals surface area contributed by atoms with E-state index < -0.39 is 0 Å². The van der Waals surface area contributed by atoms with Gasteiger partial charge in [-0.1, -0.05) is 0 Å². The summed E-state index contributed by atoms with van der Waals surface area (Å²) in [6, 6.07) is 7.96. The molecular formula is C13H16N2OS. The Labute approximate surface area is 105 Å². The maximum Gasteiger partial charge on any atom is 0.118 e. The van der Waals surface area contributed by atoms with Crippen molar-refractivity contribution in [1.29, 1.82) is 0 Å². The fourth-order valence-corrected chi connectivity index (χ4v) is 2.42. The Morgan fingerprint density at radius 3 is 2.71 bits per heavy atom. The zero-order valence-electron chi connectivity index (χ0n) is 9.85. The molecule has 0 saturated heterocycles. The first kappa shape index (κ1) is 12.1. The highest BCUT2D eigenvalue weighted by atomic mass is 32.1. The van der Waals surface area contributed by atoms with E-state index in [0.29, 0.717) is 0 Å². The number of hydrogen-bond acceptors (Lipinski definition) is 4. The number of ether oxygens (including phenoxy) is 1. The molecule has 0 spiro atoms. The highest BCUT2D eigenvalue weighted by molar-refractivity contribution is 7.09. The van der Waals surface area contributed by atoms with Gasteiger partial charge < -0.3 is 10.5 Å². The summed E-state index contributed by atoms with van der Waals surface area (Å²) in [6.45, 7) is 0.720. The quantitative estimate of drug-likeness (QED) is 0.885. The fourth-order valence-electron chi connectivity index (χ4n) is 1.57. The van der Waals surface area contributed by atoms with Crippen molar-refractivity contribution >= 4 is 11.3 Å². The van der Waals surface area contributed by atoms with Gasteiger partial charge in [-0.3, -0.25) is 0 Å².